The zero-order chi connectivity index (χ0) is 13.9. The van der Waals surface area contributed by atoms with Crippen LogP contribution in [0.4, 0.5) is 5.95 Å². The second-order valence-electron chi connectivity index (χ2n) is 5.33. The van der Waals surface area contributed by atoms with E-state index in [0.717, 1.165) is 44.2 Å². The lowest BCUT2D eigenvalue weighted by atomic mass is 10.3. The highest BCUT2D eigenvalue weighted by Crippen LogP contribution is 2.21. The summed E-state index contributed by atoms with van der Waals surface area (Å²) in [7, 11) is 2.10. The Bertz CT molecular complexity index is 580. The van der Waals surface area contributed by atoms with Crippen molar-refractivity contribution < 1.29 is 0 Å². The van der Waals surface area contributed by atoms with Gasteiger partial charge in [-0.05, 0) is 25.1 Å². The van der Waals surface area contributed by atoms with Crippen molar-refractivity contribution in [3.8, 4) is 0 Å². The molecular weight excluding hydrogens is 272 g/mol. The number of nitrogens with zero attached hydrogens (tertiary/aromatic N) is 4. The van der Waals surface area contributed by atoms with E-state index in [0.29, 0.717) is 5.88 Å². The van der Waals surface area contributed by atoms with Gasteiger partial charge in [0.25, 0.3) is 0 Å². The number of alkyl halides is 1. The molecule has 1 saturated heterocycles. The van der Waals surface area contributed by atoms with Gasteiger partial charge in [0, 0.05) is 39.1 Å². The molecule has 0 unspecified atom stereocenters. The normalized spacial score (nSPS) is 17.6. The molecule has 0 N–H and O–H groups in total. The van der Waals surface area contributed by atoms with E-state index < -0.39 is 0 Å². The number of halogens is 1. The van der Waals surface area contributed by atoms with Crippen molar-refractivity contribution in [1.29, 1.82) is 0 Å². The predicted octanol–water partition coefficient (Wildman–Crippen LogP) is 2.32. The molecule has 1 aromatic heterocycles. The number of benzene rings is 1. The van der Waals surface area contributed by atoms with Crippen molar-refractivity contribution in [2.75, 3.05) is 43.5 Å². The smallest absolute Gasteiger partial charge is 0.206 e. The summed E-state index contributed by atoms with van der Waals surface area (Å²) in [5, 5.41) is 0. The first-order valence-electron chi connectivity index (χ1n) is 7.24. The number of hydrogen-bond donors (Lipinski definition) is 0. The fourth-order valence-corrected chi connectivity index (χ4v) is 3.17. The summed E-state index contributed by atoms with van der Waals surface area (Å²) >= 11 is 5.85. The van der Waals surface area contributed by atoms with Gasteiger partial charge in [-0.1, -0.05) is 12.1 Å². The first-order chi connectivity index (χ1) is 9.79. The summed E-state index contributed by atoms with van der Waals surface area (Å²) in [6.45, 7) is 5.27. The molecule has 0 spiro atoms. The lowest BCUT2D eigenvalue weighted by Crippen LogP contribution is -2.32. The van der Waals surface area contributed by atoms with Crippen molar-refractivity contribution in [2.24, 2.45) is 7.05 Å². The van der Waals surface area contributed by atoms with Gasteiger partial charge in [0.15, 0.2) is 0 Å². The van der Waals surface area contributed by atoms with E-state index in [1.54, 1.807) is 0 Å². The highest BCUT2D eigenvalue weighted by Gasteiger charge is 2.19. The van der Waals surface area contributed by atoms with Gasteiger partial charge in [0.2, 0.25) is 5.95 Å². The Kier molecular flexibility index (Phi) is 4.13. The molecule has 2 aromatic rings. The standard InChI is InChI=1S/C15H21ClN4/c1-18-14-6-3-2-5-13(14)17-15(18)20-9-4-8-19(10-7-16)11-12-20/h2-3,5-6H,4,7-12H2,1H3. The van der Waals surface area contributed by atoms with Gasteiger partial charge < -0.3 is 14.4 Å². The molecule has 0 radical (unpaired) electrons. The van der Waals surface area contributed by atoms with Crippen LogP contribution in [0, 0.1) is 0 Å². The van der Waals surface area contributed by atoms with Gasteiger partial charge in [-0.15, -0.1) is 11.6 Å². The number of para-hydroxylation sites is 2. The number of fused-ring (bicyclic) bond motifs is 1. The molecule has 5 heteroatoms. The van der Waals surface area contributed by atoms with E-state index in [9.17, 15) is 0 Å². The molecule has 1 fully saturated rings. The summed E-state index contributed by atoms with van der Waals surface area (Å²) in [6.07, 6.45) is 1.17. The first-order valence-corrected chi connectivity index (χ1v) is 7.78. The Hall–Kier alpha value is -1.26. The zero-order valence-electron chi connectivity index (χ0n) is 11.9. The van der Waals surface area contributed by atoms with Crippen LogP contribution in [0.3, 0.4) is 0 Å². The quantitative estimate of drug-likeness (QED) is 0.812. The molecule has 3 rings (SSSR count). The van der Waals surface area contributed by atoms with Gasteiger partial charge in [0.1, 0.15) is 0 Å². The number of rotatable bonds is 3. The average molecular weight is 293 g/mol. The van der Waals surface area contributed by atoms with E-state index in [1.807, 2.05) is 6.07 Å². The third-order valence-corrected chi connectivity index (χ3v) is 4.20. The number of imidazole rings is 1. The van der Waals surface area contributed by atoms with Crippen molar-refractivity contribution in [1.82, 2.24) is 14.5 Å². The summed E-state index contributed by atoms with van der Waals surface area (Å²) in [5.41, 5.74) is 2.27. The SMILES string of the molecule is Cn1c(N2CCCN(CCCl)CC2)nc2ccccc21. The Morgan fingerprint density at radius 1 is 1.15 bits per heavy atom. The molecule has 1 aliphatic heterocycles. The number of hydrogen-bond acceptors (Lipinski definition) is 3. The van der Waals surface area contributed by atoms with Crippen LogP contribution in [0.25, 0.3) is 11.0 Å². The van der Waals surface area contributed by atoms with Crippen molar-refractivity contribution in [2.45, 2.75) is 6.42 Å². The minimum absolute atomic E-state index is 0.715. The maximum atomic E-state index is 5.85. The fraction of sp³-hybridized carbons (Fsp3) is 0.533. The van der Waals surface area contributed by atoms with Crippen LogP contribution in [-0.2, 0) is 7.05 Å². The largest absolute Gasteiger partial charge is 0.341 e. The molecule has 0 bridgehead atoms. The van der Waals surface area contributed by atoms with Crippen molar-refractivity contribution in [3.63, 3.8) is 0 Å². The van der Waals surface area contributed by atoms with Crippen LogP contribution in [0.15, 0.2) is 24.3 Å². The molecule has 0 saturated carbocycles. The third kappa shape index (κ3) is 2.63. The summed E-state index contributed by atoms with van der Waals surface area (Å²) in [5.74, 6) is 1.80. The van der Waals surface area contributed by atoms with Crippen molar-refractivity contribution in [3.05, 3.63) is 24.3 Å². The Morgan fingerprint density at radius 3 is 2.80 bits per heavy atom. The zero-order valence-corrected chi connectivity index (χ0v) is 12.7. The monoisotopic (exact) mass is 292 g/mol. The summed E-state index contributed by atoms with van der Waals surface area (Å²) < 4.78 is 2.20. The van der Waals surface area contributed by atoms with E-state index in [-0.39, 0.29) is 0 Å². The number of aryl methyl sites for hydroxylation is 1. The van der Waals surface area contributed by atoms with E-state index >= 15 is 0 Å². The molecule has 1 aliphatic rings. The molecule has 108 valence electrons. The highest BCUT2D eigenvalue weighted by molar-refractivity contribution is 6.18. The average Bonchev–Trinajstić information content (AvgIpc) is 2.65. The molecule has 1 aromatic carbocycles. The Morgan fingerprint density at radius 2 is 2.00 bits per heavy atom. The number of anilines is 1. The molecule has 0 atom stereocenters. The minimum atomic E-state index is 0.715. The first kappa shape index (κ1) is 13.7. The number of aromatic nitrogens is 2. The van der Waals surface area contributed by atoms with Crippen LogP contribution in [-0.4, -0.2) is 53.1 Å². The Balaban J connectivity index is 1.82. The second-order valence-corrected chi connectivity index (χ2v) is 5.71. The van der Waals surface area contributed by atoms with Crippen LogP contribution < -0.4 is 4.90 Å². The summed E-state index contributed by atoms with van der Waals surface area (Å²) in [6, 6.07) is 8.32. The molecular formula is C15H21ClN4. The molecule has 20 heavy (non-hydrogen) atoms. The van der Waals surface area contributed by atoms with Crippen LogP contribution >= 0.6 is 11.6 Å². The van der Waals surface area contributed by atoms with Gasteiger partial charge in [-0.25, -0.2) is 4.98 Å². The highest BCUT2D eigenvalue weighted by atomic mass is 35.5. The van der Waals surface area contributed by atoms with Gasteiger partial charge >= 0.3 is 0 Å². The minimum Gasteiger partial charge on any atom is -0.341 e. The summed E-state index contributed by atoms with van der Waals surface area (Å²) in [4.78, 5) is 9.63. The molecule has 0 amide bonds. The van der Waals surface area contributed by atoms with Crippen LogP contribution in [0.5, 0.6) is 0 Å². The lowest BCUT2D eigenvalue weighted by molar-refractivity contribution is 0.311. The maximum Gasteiger partial charge on any atom is 0.206 e. The molecule has 0 aliphatic carbocycles. The van der Waals surface area contributed by atoms with Crippen LogP contribution in [0.2, 0.25) is 0 Å². The van der Waals surface area contributed by atoms with Gasteiger partial charge in [0.05, 0.1) is 11.0 Å². The van der Waals surface area contributed by atoms with Crippen LogP contribution in [0.1, 0.15) is 6.42 Å². The van der Waals surface area contributed by atoms with E-state index in [2.05, 4.69) is 39.6 Å². The second kappa shape index (κ2) is 6.02. The van der Waals surface area contributed by atoms with E-state index in [1.165, 1.54) is 11.9 Å². The Labute approximate surface area is 124 Å². The van der Waals surface area contributed by atoms with Crippen molar-refractivity contribution >= 4 is 28.6 Å². The van der Waals surface area contributed by atoms with Gasteiger partial charge in [-0.2, -0.15) is 0 Å². The topological polar surface area (TPSA) is 24.3 Å². The predicted molar refractivity (Wildman–Crippen MR) is 84.7 cm³/mol. The van der Waals surface area contributed by atoms with Gasteiger partial charge in [-0.3, -0.25) is 0 Å². The molecule has 4 nitrogen and oxygen atoms in total. The molecule has 2 heterocycles. The lowest BCUT2D eigenvalue weighted by Gasteiger charge is -2.22. The third-order valence-electron chi connectivity index (χ3n) is 4.04. The van der Waals surface area contributed by atoms with E-state index in [4.69, 9.17) is 16.6 Å². The fourth-order valence-electron chi connectivity index (χ4n) is 2.93. The maximum absolute atomic E-state index is 5.85.